The molecule has 1 aliphatic rings. The number of rotatable bonds is 9. The van der Waals surface area contributed by atoms with E-state index in [1.54, 1.807) is 11.8 Å². The number of nitrogens with zero attached hydrogens (tertiary/aromatic N) is 1. The Bertz CT molecular complexity index is 930. The Kier molecular flexibility index (Phi) is 8.56. The van der Waals surface area contributed by atoms with Crippen LogP contribution < -0.4 is 14.8 Å². The van der Waals surface area contributed by atoms with Gasteiger partial charge in [-0.05, 0) is 54.7 Å². The number of benzene rings is 2. The molecule has 7 heteroatoms. The molecule has 32 heavy (non-hydrogen) atoms. The van der Waals surface area contributed by atoms with Gasteiger partial charge in [-0.1, -0.05) is 48.0 Å². The summed E-state index contributed by atoms with van der Waals surface area (Å²) in [5, 5.41) is 2.95. The molecule has 0 unspecified atom stereocenters. The van der Waals surface area contributed by atoms with Crippen LogP contribution in [0.1, 0.15) is 38.3 Å². The molecule has 0 saturated carbocycles. The first-order valence-corrected chi connectivity index (χ1v) is 11.8. The Hall–Kier alpha value is -2.54. The minimum absolute atomic E-state index is 0.0602. The van der Waals surface area contributed by atoms with Crippen LogP contribution in [0.3, 0.4) is 0 Å². The third kappa shape index (κ3) is 6.73. The number of hydrogen-bond donors (Lipinski definition) is 1. The minimum Gasteiger partial charge on any atom is -0.486 e. The van der Waals surface area contributed by atoms with Gasteiger partial charge in [0.2, 0.25) is 11.8 Å². The van der Waals surface area contributed by atoms with Crippen molar-refractivity contribution >= 4 is 27.7 Å². The van der Waals surface area contributed by atoms with Crippen LogP contribution in [0.2, 0.25) is 0 Å². The Morgan fingerprint density at radius 3 is 2.34 bits per heavy atom. The molecule has 0 saturated heterocycles. The molecule has 2 aromatic carbocycles. The van der Waals surface area contributed by atoms with Crippen molar-refractivity contribution in [3.63, 3.8) is 0 Å². The number of carbonyl (C=O) groups excluding carboxylic acids is 2. The highest BCUT2D eigenvalue weighted by Crippen LogP contribution is 2.31. The fourth-order valence-corrected chi connectivity index (χ4v) is 3.72. The number of ether oxygens (including phenoxy) is 2. The molecular formula is C25H31BrN2O4. The maximum atomic E-state index is 13.2. The smallest absolute Gasteiger partial charge is 0.242 e. The summed E-state index contributed by atoms with van der Waals surface area (Å²) in [7, 11) is 0. The second-order valence-corrected chi connectivity index (χ2v) is 9.36. The first-order chi connectivity index (χ1) is 15.3. The van der Waals surface area contributed by atoms with E-state index >= 15 is 0 Å². The normalized spacial score (nSPS) is 13.5. The van der Waals surface area contributed by atoms with Crippen LogP contribution in [-0.4, -0.2) is 42.5 Å². The van der Waals surface area contributed by atoms with Crippen molar-refractivity contribution in [1.29, 1.82) is 0 Å². The van der Waals surface area contributed by atoms with Gasteiger partial charge in [-0.25, -0.2) is 0 Å². The highest BCUT2D eigenvalue weighted by Gasteiger charge is 2.26. The summed E-state index contributed by atoms with van der Waals surface area (Å²) in [6, 6.07) is 13.0. The number of halogens is 1. The molecule has 0 bridgehead atoms. The molecule has 3 rings (SSSR count). The van der Waals surface area contributed by atoms with Crippen LogP contribution in [0.15, 0.2) is 46.9 Å². The van der Waals surface area contributed by atoms with Crippen LogP contribution in [0.5, 0.6) is 11.5 Å². The van der Waals surface area contributed by atoms with Gasteiger partial charge in [0.25, 0.3) is 0 Å². The zero-order valence-electron chi connectivity index (χ0n) is 18.9. The van der Waals surface area contributed by atoms with Gasteiger partial charge in [-0.3, -0.25) is 9.59 Å². The van der Waals surface area contributed by atoms with Crippen molar-refractivity contribution in [2.75, 3.05) is 19.8 Å². The van der Waals surface area contributed by atoms with Gasteiger partial charge < -0.3 is 19.7 Å². The van der Waals surface area contributed by atoms with Crippen LogP contribution >= 0.6 is 15.9 Å². The Morgan fingerprint density at radius 2 is 1.66 bits per heavy atom. The molecule has 1 N–H and O–H groups in total. The van der Waals surface area contributed by atoms with Crippen LogP contribution in [0, 0.1) is 5.92 Å². The lowest BCUT2D eigenvalue weighted by Gasteiger charge is -2.29. The van der Waals surface area contributed by atoms with Gasteiger partial charge in [0, 0.05) is 24.0 Å². The third-order valence-electron chi connectivity index (χ3n) is 5.35. The van der Waals surface area contributed by atoms with E-state index in [9.17, 15) is 9.59 Å². The molecule has 0 spiro atoms. The molecule has 1 heterocycles. The Labute approximate surface area is 198 Å². The lowest BCUT2D eigenvalue weighted by molar-refractivity contribution is -0.140. The van der Waals surface area contributed by atoms with Crippen molar-refractivity contribution in [2.45, 2.75) is 46.2 Å². The molecule has 0 aliphatic carbocycles. The molecule has 0 radical (unpaired) electrons. The van der Waals surface area contributed by atoms with Crippen LogP contribution in [-0.2, 0) is 22.6 Å². The summed E-state index contributed by atoms with van der Waals surface area (Å²) < 4.78 is 12.2. The highest BCUT2D eigenvalue weighted by molar-refractivity contribution is 9.10. The topological polar surface area (TPSA) is 67.9 Å². The molecule has 2 amide bonds. The van der Waals surface area contributed by atoms with E-state index in [-0.39, 0.29) is 11.8 Å². The third-order valence-corrected chi connectivity index (χ3v) is 5.88. The van der Waals surface area contributed by atoms with Gasteiger partial charge in [-0.2, -0.15) is 0 Å². The van der Waals surface area contributed by atoms with Gasteiger partial charge in [0.15, 0.2) is 11.5 Å². The maximum Gasteiger partial charge on any atom is 0.242 e. The summed E-state index contributed by atoms with van der Waals surface area (Å²) in [5.41, 5.74) is 1.98. The molecule has 1 atom stereocenters. The second-order valence-electron chi connectivity index (χ2n) is 8.44. The predicted octanol–water partition coefficient (Wildman–Crippen LogP) is 4.34. The zero-order chi connectivity index (χ0) is 23.1. The number of aryl methyl sites for hydroxylation is 1. The zero-order valence-corrected chi connectivity index (χ0v) is 20.5. The largest absolute Gasteiger partial charge is 0.486 e. The van der Waals surface area contributed by atoms with Crippen molar-refractivity contribution < 1.29 is 19.1 Å². The lowest BCUT2D eigenvalue weighted by atomic mass is 10.1. The van der Waals surface area contributed by atoms with Gasteiger partial charge in [0.05, 0.1) is 0 Å². The van der Waals surface area contributed by atoms with Crippen molar-refractivity contribution in [1.82, 2.24) is 10.2 Å². The standard InChI is InChI=1S/C25H31BrN2O4/c1-17(2)15-27-25(30)18(3)28(16-20-4-8-21(26)9-5-20)24(29)11-7-19-6-10-22-23(14-19)32-13-12-31-22/h4-6,8-10,14,17-18H,7,11-13,15-16H2,1-3H3,(H,27,30)/t18-/m1/s1. The predicted molar refractivity (Wildman–Crippen MR) is 128 cm³/mol. The Balaban J connectivity index is 1.70. The first-order valence-electron chi connectivity index (χ1n) is 11.0. The minimum atomic E-state index is -0.565. The fraction of sp³-hybridized carbons (Fsp3) is 0.440. The molecule has 0 aromatic heterocycles. The summed E-state index contributed by atoms with van der Waals surface area (Å²) >= 11 is 3.44. The fourth-order valence-electron chi connectivity index (χ4n) is 3.46. The van der Waals surface area contributed by atoms with E-state index in [2.05, 4.69) is 21.2 Å². The van der Waals surface area contributed by atoms with Gasteiger partial charge in [0.1, 0.15) is 19.3 Å². The number of carbonyl (C=O) groups is 2. The van der Waals surface area contributed by atoms with E-state index in [0.717, 1.165) is 21.3 Å². The summed E-state index contributed by atoms with van der Waals surface area (Å²) in [6.07, 6.45) is 0.866. The summed E-state index contributed by atoms with van der Waals surface area (Å²) in [6.45, 7) is 7.92. The van der Waals surface area contributed by atoms with E-state index in [1.165, 1.54) is 0 Å². The molecule has 2 aromatic rings. The van der Waals surface area contributed by atoms with Crippen LogP contribution in [0.4, 0.5) is 0 Å². The lowest BCUT2D eigenvalue weighted by Crippen LogP contribution is -2.48. The Morgan fingerprint density at radius 1 is 1.00 bits per heavy atom. The summed E-state index contributed by atoms with van der Waals surface area (Å²) in [5.74, 6) is 1.60. The SMILES string of the molecule is CC(C)CNC(=O)[C@@H](C)N(Cc1ccc(Br)cc1)C(=O)CCc1ccc2c(c1)OCCO2. The van der Waals surface area contributed by atoms with E-state index in [0.29, 0.717) is 50.8 Å². The highest BCUT2D eigenvalue weighted by atomic mass is 79.9. The molecule has 1 aliphatic heterocycles. The van der Waals surface area contributed by atoms with E-state index in [1.807, 2.05) is 56.3 Å². The number of fused-ring (bicyclic) bond motifs is 1. The van der Waals surface area contributed by atoms with Gasteiger partial charge >= 0.3 is 0 Å². The number of amides is 2. The molecule has 6 nitrogen and oxygen atoms in total. The average Bonchev–Trinajstić information content (AvgIpc) is 2.80. The molecule has 0 fully saturated rings. The van der Waals surface area contributed by atoms with Gasteiger partial charge in [-0.15, -0.1) is 0 Å². The van der Waals surface area contributed by atoms with E-state index < -0.39 is 6.04 Å². The molecular weight excluding hydrogens is 472 g/mol. The number of hydrogen-bond acceptors (Lipinski definition) is 4. The second kappa shape index (κ2) is 11.4. The monoisotopic (exact) mass is 502 g/mol. The summed E-state index contributed by atoms with van der Waals surface area (Å²) in [4.78, 5) is 27.6. The van der Waals surface area contributed by atoms with Crippen LogP contribution in [0.25, 0.3) is 0 Å². The average molecular weight is 503 g/mol. The van der Waals surface area contributed by atoms with Crippen molar-refractivity contribution in [2.24, 2.45) is 5.92 Å². The first kappa shape index (κ1) is 24.1. The van der Waals surface area contributed by atoms with Crippen molar-refractivity contribution in [3.8, 4) is 11.5 Å². The quantitative estimate of drug-likeness (QED) is 0.553. The van der Waals surface area contributed by atoms with Crippen molar-refractivity contribution in [3.05, 3.63) is 58.1 Å². The van der Waals surface area contributed by atoms with E-state index in [4.69, 9.17) is 9.47 Å². The molecule has 172 valence electrons. The number of nitrogens with one attached hydrogen (secondary N) is 1. The maximum absolute atomic E-state index is 13.2.